The second kappa shape index (κ2) is 5.04. The maximum atomic E-state index is 9.24. The molecule has 11 heavy (non-hydrogen) atoms. The normalized spacial score (nSPS) is 15.0. The highest BCUT2D eigenvalue weighted by molar-refractivity contribution is 8.00. The molecule has 0 aliphatic carbocycles. The molecule has 1 unspecified atom stereocenters. The van der Waals surface area contributed by atoms with Gasteiger partial charge in [0, 0.05) is 4.75 Å². The van der Waals surface area contributed by atoms with Gasteiger partial charge in [0.25, 0.3) is 0 Å². The molecule has 0 saturated carbocycles. The van der Waals surface area contributed by atoms with E-state index >= 15 is 0 Å². The molecule has 0 bridgehead atoms. The zero-order valence-electron chi connectivity index (χ0n) is 8.05. The number of rotatable bonds is 4. The van der Waals surface area contributed by atoms with E-state index in [-0.39, 0.29) is 6.10 Å². The van der Waals surface area contributed by atoms with E-state index in [9.17, 15) is 5.11 Å². The quantitative estimate of drug-likeness (QED) is 0.710. The van der Waals surface area contributed by atoms with Gasteiger partial charge in [0.15, 0.2) is 0 Å². The SMILES string of the molecule is CCC(O)CCSC(C)(C)C. The van der Waals surface area contributed by atoms with Crippen molar-refractivity contribution in [2.24, 2.45) is 0 Å². The van der Waals surface area contributed by atoms with E-state index in [1.807, 2.05) is 18.7 Å². The first-order chi connectivity index (χ1) is 4.95. The molecule has 1 N–H and O–H groups in total. The molecule has 68 valence electrons. The van der Waals surface area contributed by atoms with Crippen molar-refractivity contribution < 1.29 is 5.11 Å². The fourth-order valence-electron chi connectivity index (χ4n) is 0.705. The molecule has 0 heterocycles. The van der Waals surface area contributed by atoms with Gasteiger partial charge in [-0.25, -0.2) is 0 Å². The minimum atomic E-state index is -0.0927. The van der Waals surface area contributed by atoms with Crippen LogP contribution in [0.1, 0.15) is 40.5 Å². The van der Waals surface area contributed by atoms with Gasteiger partial charge in [-0.15, -0.1) is 0 Å². The molecule has 0 aromatic heterocycles. The second-order valence-corrected chi connectivity index (χ2v) is 5.73. The largest absolute Gasteiger partial charge is 0.393 e. The van der Waals surface area contributed by atoms with Crippen molar-refractivity contribution in [2.75, 3.05) is 5.75 Å². The van der Waals surface area contributed by atoms with E-state index in [0.29, 0.717) is 4.75 Å². The summed E-state index contributed by atoms with van der Waals surface area (Å²) in [6.45, 7) is 8.63. The summed E-state index contributed by atoms with van der Waals surface area (Å²) in [5.41, 5.74) is 0. The number of aliphatic hydroxyl groups is 1. The highest BCUT2D eigenvalue weighted by Crippen LogP contribution is 2.24. The number of thioether (sulfide) groups is 1. The van der Waals surface area contributed by atoms with Crippen molar-refractivity contribution in [1.82, 2.24) is 0 Å². The first-order valence-electron chi connectivity index (χ1n) is 4.27. The van der Waals surface area contributed by atoms with E-state index in [4.69, 9.17) is 0 Å². The Morgan fingerprint density at radius 2 is 1.91 bits per heavy atom. The molecule has 0 radical (unpaired) electrons. The number of hydrogen-bond acceptors (Lipinski definition) is 2. The Hall–Kier alpha value is 0.310. The Morgan fingerprint density at radius 3 is 2.27 bits per heavy atom. The molecular formula is C9H20OS. The fourth-order valence-corrected chi connectivity index (χ4v) is 1.71. The van der Waals surface area contributed by atoms with Gasteiger partial charge < -0.3 is 5.11 Å². The third-order valence-corrected chi connectivity index (χ3v) is 2.76. The molecule has 0 amide bonds. The van der Waals surface area contributed by atoms with Crippen molar-refractivity contribution in [3.05, 3.63) is 0 Å². The predicted molar refractivity (Wildman–Crippen MR) is 53.1 cm³/mol. The number of hydrogen-bond donors (Lipinski definition) is 1. The van der Waals surface area contributed by atoms with Crippen LogP contribution in [0.15, 0.2) is 0 Å². The van der Waals surface area contributed by atoms with E-state index < -0.39 is 0 Å². The number of aliphatic hydroxyl groups excluding tert-OH is 1. The van der Waals surface area contributed by atoms with E-state index in [2.05, 4.69) is 20.8 Å². The van der Waals surface area contributed by atoms with Gasteiger partial charge in [-0.05, 0) is 18.6 Å². The van der Waals surface area contributed by atoms with Crippen LogP contribution in [0.4, 0.5) is 0 Å². The summed E-state index contributed by atoms with van der Waals surface area (Å²) in [5.74, 6) is 1.07. The van der Waals surface area contributed by atoms with Gasteiger partial charge in [0.1, 0.15) is 0 Å². The second-order valence-electron chi connectivity index (χ2n) is 3.81. The van der Waals surface area contributed by atoms with Crippen LogP contribution >= 0.6 is 11.8 Å². The van der Waals surface area contributed by atoms with Gasteiger partial charge in [0.2, 0.25) is 0 Å². The van der Waals surface area contributed by atoms with Gasteiger partial charge in [-0.1, -0.05) is 27.7 Å². The smallest absolute Gasteiger partial charge is 0.0545 e. The van der Waals surface area contributed by atoms with Crippen molar-refractivity contribution in [3.8, 4) is 0 Å². The minimum absolute atomic E-state index is 0.0927. The van der Waals surface area contributed by atoms with Crippen molar-refractivity contribution in [3.63, 3.8) is 0 Å². The third kappa shape index (κ3) is 8.21. The van der Waals surface area contributed by atoms with E-state index in [1.165, 1.54) is 0 Å². The van der Waals surface area contributed by atoms with Crippen molar-refractivity contribution >= 4 is 11.8 Å². The zero-order valence-corrected chi connectivity index (χ0v) is 8.87. The van der Waals surface area contributed by atoms with E-state index in [1.54, 1.807) is 0 Å². The first-order valence-corrected chi connectivity index (χ1v) is 5.26. The van der Waals surface area contributed by atoms with Crippen LogP contribution in [0.2, 0.25) is 0 Å². The minimum Gasteiger partial charge on any atom is -0.393 e. The van der Waals surface area contributed by atoms with Crippen LogP contribution < -0.4 is 0 Å². The van der Waals surface area contributed by atoms with Crippen molar-refractivity contribution in [2.45, 2.75) is 51.4 Å². The molecule has 0 aromatic carbocycles. The Morgan fingerprint density at radius 1 is 1.36 bits per heavy atom. The van der Waals surface area contributed by atoms with Crippen LogP contribution in [0.3, 0.4) is 0 Å². The summed E-state index contributed by atoms with van der Waals surface area (Å²) >= 11 is 1.92. The monoisotopic (exact) mass is 176 g/mol. The molecule has 0 saturated heterocycles. The summed E-state index contributed by atoms with van der Waals surface area (Å²) in [7, 11) is 0. The molecule has 0 aromatic rings. The molecular weight excluding hydrogens is 156 g/mol. The van der Waals surface area contributed by atoms with Crippen LogP contribution in [-0.2, 0) is 0 Å². The van der Waals surface area contributed by atoms with Crippen LogP contribution in [0.25, 0.3) is 0 Å². The maximum Gasteiger partial charge on any atom is 0.0545 e. The Balaban J connectivity index is 3.28. The average molecular weight is 176 g/mol. The molecule has 0 aliphatic rings. The topological polar surface area (TPSA) is 20.2 Å². The lowest BCUT2D eigenvalue weighted by Crippen LogP contribution is -2.12. The summed E-state index contributed by atoms with van der Waals surface area (Å²) in [6, 6.07) is 0. The molecule has 1 nitrogen and oxygen atoms in total. The Bertz CT molecular complexity index is 96.2. The molecule has 0 fully saturated rings. The third-order valence-electron chi connectivity index (χ3n) is 1.46. The molecule has 0 spiro atoms. The van der Waals surface area contributed by atoms with Crippen LogP contribution in [0.5, 0.6) is 0 Å². The standard InChI is InChI=1S/C9H20OS/c1-5-8(10)6-7-11-9(2,3)4/h8,10H,5-7H2,1-4H3. The lowest BCUT2D eigenvalue weighted by molar-refractivity contribution is 0.167. The summed E-state index contributed by atoms with van der Waals surface area (Å²) in [6.07, 6.45) is 1.72. The summed E-state index contributed by atoms with van der Waals surface area (Å²) in [5, 5.41) is 9.24. The molecule has 0 rings (SSSR count). The highest BCUT2D eigenvalue weighted by atomic mass is 32.2. The summed E-state index contributed by atoms with van der Waals surface area (Å²) < 4.78 is 0.341. The molecule has 1 atom stereocenters. The van der Waals surface area contributed by atoms with Gasteiger partial charge >= 0.3 is 0 Å². The van der Waals surface area contributed by atoms with Crippen LogP contribution in [0, 0.1) is 0 Å². The summed E-state index contributed by atoms with van der Waals surface area (Å²) in [4.78, 5) is 0. The highest BCUT2D eigenvalue weighted by Gasteiger charge is 2.10. The lowest BCUT2D eigenvalue weighted by Gasteiger charge is -2.18. The van der Waals surface area contributed by atoms with Gasteiger partial charge in [-0.2, -0.15) is 11.8 Å². The lowest BCUT2D eigenvalue weighted by atomic mass is 10.2. The molecule has 2 heteroatoms. The predicted octanol–water partition coefficient (Wildman–Crippen LogP) is 2.68. The van der Waals surface area contributed by atoms with Crippen molar-refractivity contribution in [1.29, 1.82) is 0 Å². The average Bonchev–Trinajstić information content (AvgIpc) is 1.85. The zero-order chi connectivity index (χ0) is 8.91. The fraction of sp³-hybridized carbons (Fsp3) is 1.00. The van der Waals surface area contributed by atoms with Gasteiger partial charge in [0.05, 0.1) is 6.10 Å². The Kier molecular flexibility index (Phi) is 5.19. The Labute approximate surface area is 74.6 Å². The van der Waals surface area contributed by atoms with Crippen LogP contribution in [-0.4, -0.2) is 21.7 Å². The maximum absolute atomic E-state index is 9.24. The molecule has 0 aliphatic heterocycles. The van der Waals surface area contributed by atoms with Gasteiger partial charge in [-0.3, -0.25) is 0 Å². The first kappa shape index (κ1) is 11.3. The van der Waals surface area contributed by atoms with E-state index in [0.717, 1.165) is 18.6 Å².